The Labute approximate surface area is 119 Å². The van der Waals surface area contributed by atoms with Gasteiger partial charge in [0.25, 0.3) is 0 Å². The fraction of sp³-hybridized carbons (Fsp3) is 0.692. The van der Waals surface area contributed by atoms with E-state index < -0.39 is 0 Å². The molecule has 3 N–H and O–H groups in total. The van der Waals surface area contributed by atoms with E-state index in [1.165, 1.54) is 0 Å². The van der Waals surface area contributed by atoms with E-state index in [-0.39, 0.29) is 0 Å². The second-order valence-electron chi connectivity index (χ2n) is 5.28. The molecular weight excluding hydrogens is 256 g/mol. The average molecular weight is 278 g/mol. The Morgan fingerprint density at radius 2 is 2.20 bits per heavy atom. The smallest absolute Gasteiger partial charge is 0.168 e. The van der Waals surface area contributed by atoms with Crippen LogP contribution in [-0.2, 0) is 11.3 Å². The molecule has 1 aliphatic heterocycles. The third-order valence-electron chi connectivity index (χ3n) is 3.42. The van der Waals surface area contributed by atoms with E-state index in [4.69, 9.17) is 10.5 Å². The summed E-state index contributed by atoms with van der Waals surface area (Å²) >= 11 is 0. The van der Waals surface area contributed by atoms with Gasteiger partial charge in [-0.2, -0.15) is 10.4 Å². The Bertz CT molecular complexity index is 484. The average Bonchev–Trinajstić information content (AvgIpc) is 2.73. The van der Waals surface area contributed by atoms with Crippen molar-refractivity contribution in [2.75, 3.05) is 44.9 Å². The molecule has 0 spiro atoms. The maximum absolute atomic E-state index is 9.26. The van der Waals surface area contributed by atoms with Crippen LogP contribution in [0.25, 0.3) is 0 Å². The van der Waals surface area contributed by atoms with E-state index in [2.05, 4.69) is 21.4 Å². The normalized spacial score (nSPS) is 16.3. The first-order valence-electron chi connectivity index (χ1n) is 6.87. The van der Waals surface area contributed by atoms with Crippen molar-refractivity contribution < 1.29 is 4.74 Å². The molecule has 7 nitrogen and oxygen atoms in total. The number of ether oxygens (including phenoxy) is 1. The molecule has 2 rings (SSSR count). The zero-order valence-corrected chi connectivity index (χ0v) is 12.1. The van der Waals surface area contributed by atoms with Crippen molar-refractivity contribution in [3.63, 3.8) is 0 Å². The van der Waals surface area contributed by atoms with Gasteiger partial charge >= 0.3 is 0 Å². The number of hydrogen-bond donors (Lipinski definition) is 2. The summed E-state index contributed by atoms with van der Waals surface area (Å²) in [6.45, 7) is 2.99. The number of nitriles is 1. The Balaban J connectivity index is 2.11. The minimum absolute atomic E-state index is 0.299. The number of anilines is 2. The molecule has 1 aliphatic rings. The molecule has 0 saturated carbocycles. The molecule has 1 fully saturated rings. The monoisotopic (exact) mass is 278 g/mol. The number of nitrogens with zero attached hydrogens (tertiary/aromatic N) is 4. The second-order valence-corrected chi connectivity index (χ2v) is 5.28. The third kappa shape index (κ3) is 3.40. The topological polar surface area (TPSA) is 92.1 Å². The van der Waals surface area contributed by atoms with Crippen LogP contribution in [0.1, 0.15) is 18.4 Å². The molecule has 1 saturated heterocycles. The number of rotatable bonds is 5. The van der Waals surface area contributed by atoms with Gasteiger partial charge in [0.15, 0.2) is 5.82 Å². The molecule has 1 aromatic rings. The van der Waals surface area contributed by atoms with Crippen LogP contribution in [0.4, 0.5) is 11.6 Å². The number of nitrogens with one attached hydrogen (secondary N) is 1. The van der Waals surface area contributed by atoms with Gasteiger partial charge in [-0.25, -0.2) is 4.68 Å². The molecule has 0 aromatic carbocycles. The van der Waals surface area contributed by atoms with Crippen molar-refractivity contribution in [1.82, 2.24) is 14.7 Å². The van der Waals surface area contributed by atoms with Gasteiger partial charge in [0.1, 0.15) is 17.5 Å². The molecule has 2 heterocycles. The van der Waals surface area contributed by atoms with Gasteiger partial charge in [-0.1, -0.05) is 0 Å². The van der Waals surface area contributed by atoms with Gasteiger partial charge in [-0.15, -0.1) is 0 Å². The van der Waals surface area contributed by atoms with E-state index in [1.807, 2.05) is 14.1 Å². The van der Waals surface area contributed by atoms with E-state index in [0.29, 0.717) is 29.8 Å². The van der Waals surface area contributed by atoms with Gasteiger partial charge in [0, 0.05) is 25.8 Å². The van der Waals surface area contributed by atoms with Crippen LogP contribution >= 0.6 is 0 Å². The van der Waals surface area contributed by atoms with Crippen LogP contribution < -0.4 is 11.1 Å². The first kappa shape index (κ1) is 14.6. The highest BCUT2D eigenvalue weighted by Gasteiger charge is 2.20. The minimum Gasteiger partial charge on any atom is -0.383 e. The van der Waals surface area contributed by atoms with Gasteiger partial charge in [0.05, 0.1) is 6.54 Å². The summed E-state index contributed by atoms with van der Waals surface area (Å²) in [5, 5.41) is 17.0. The van der Waals surface area contributed by atoms with E-state index in [0.717, 1.165) is 32.6 Å². The number of aromatic nitrogens is 2. The van der Waals surface area contributed by atoms with Crippen molar-refractivity contribution in [3.8, 4) is 6.07 Å². The lowest BCUT2D eigenvalue weighted by atomic mass is 10.1. The number of nitrogens with two attached hydrogens (primary N) is 1. The highest BCUT2D eigenvalue weighted by Crippen LogP contribution is 2.23. The first-order chi connectivity index (χ1) is 9.61. The lowest BCUT2D eigenvalue weighted by Gasteiger charge is -2.23. The van der Waals surface area contributed by atoms with E-state index in [1.54, 1.807) is 4.68 Å². The van der Waals surface area contributed by atoms with Crippen molar-refractivity contribution in [1.29, 1.82) is 5.26 Å². The highest BCUT2D eigenvalue weighted by molar-refractivity contribution is 5.64. The van der Waals surface area contributed by atoms with Crippen LogP contribution in [0.2, 0.25) is 0 Å². The molecule has 20 heavy (non-hydrogen) atoms. The van der Waals surface area contributed by atoms with Gasteiger partial charge in [0.2, 0.25) is 0 Å². The predicted molar refractivity (Wildman–Crippen MR) is 77.4 cm³/mol. The molecular formula is C13H22N6O. The lowest BCUT2D eigenvalue weighted by molar-refractivity contribution is 0.0903. The first-order valence-corrected chi connectivity index (χ1v) is 6.87. The van der Waals surface area contributed by atoms with Crippen LogP contribution in [0.15, 0.2) is 0 Å². The molecule has 7 heteroatoms. The fourth-order valence-electron chi connectivity index (χ4n) is 2.19. The summed E-state index contributed by atoms with van der Waals surface area (Å²) in [6, 6.07) is 2.44. The minimum atomic E-state index is 0.299. The Kier molecular flexibility index (Phi) is 4.82. The van der Waals surface area contributed by atoms with Crippen molar-refractivity contribution in [2.24, 2.45) is 0 Å². The number of hydrogen-bond acceptors (Lipinski definition) is 6. The van der Waals surface area contributed by atoms with Gasteiger partial charge < -0.3 is 20.7 Å². The zero-order valence-electron chi connectivity index (χ0n) is 12.1. The Morgan fingerprint density at radius 1 is 1.50 bits per heavy atom. The summed E-state index contributed by atoms with van der Waals surface area (Å²) in [5.41, 5.74) is 6.44. The van der Waals surface area contributed by atoms with Crippen LogP contribution in [0.3, 0.4) is 0 Å². The molecule has 0 bridgehead atoms. The summed E-state index contributed by atoms with van der Waals surface area (Å²) in [7, 11) is 3.98. The molecule has 0 unspecified atom stereocenters. The lowest BCUT2D eigenvalue weighted by Crippen LogP contribution is -2.28. The highest BCUT2D eigenvalue weighted by atomic mass is 16.5. The van der Waals surface area contributed by atoms with Crippen LogP contribution in [-0.4, -0.2) is 54.6 Å². The van der Waals surface area contributed by atoms with Crippen LogP contribution in [0.5, 0.6) is 0 Å². The summed E-state index contributed by atoms with van der Waals surface area (Å²) in [6.07, 6.45) is 1.85. The second kappa shape index (κ2) is 6.59. The van der Waals surface area contributed by atoms with Crippen LogP contribution in [0, 0.1) is 11.3 Å². The quantitative estimate of drug-likeness (QED) is 0.814. The molecule has 1 aromatic heterocycles. The van der Waals surface area contributed by atoms with E-state index >= 15 is 0 Å². The fourth-order valence-corrected chi connectivity index (χ4v) is 2.19. The zero-order chi connectivity index (χ0) is 14.5. The third-order valence-corrected chi connectivity index (χ3v) is 3.42. The summed E-state index contributed by atoms with van der Waals surface area (Å²) < 4.78 is 7.02. The maximum atomic E-state index is 9.26. The van der Waals surface area contributed by atoms with Crippen molar-refractivity contribution in [2.45, 2.75) is 25.4 Å². The number of likely N-dealkylation sites (N-methyl/N-ethyl adjacent to an activating group) is 1. The SMILES string of the molecule is CN(C)CCn1nc(NC2CCOCC2)c(C#N)c1N. The summed E-state index contributed by atoms with van der Waals surface area (Å²) in [5.74, 6) is 1.03. The van der Waals surface area contributed by atoms with Gasteiger partial charge in [-0.05, 0) is 26.9 Å². The molecule has 0 amide bonds. The van der Waals surface area contributed by atoms with Crippen molar-refractivity contribution >= 4 is 11.6 Å². The molecule has 110 valence electrons. The standard InChI is InChI=1S/C13H22N6O/c1-18(2)5-6-19-12(15)11(9-14)13(17-19)16-10-3-7-20-8-4-10/h10H,3-8,15H2,1-2H3,(H,16,17). The molecule has 0 atom stereocenters. The van der Waals surface area contributed by atoms with Crippen molar-refractivity contribution in [3.05, 3.63) is 5.56 Å². The molecule has 0 aliphatic carbocycles. The maximum Gasteiger partial charge on any atom is 0.168 e. The Morgan fingerprint density at radius 3 is 2.80 bits per heavy atom. The van der Waals surface area contributed by atoms with Gasteiger partial charge in [-0.3, -0.25) is 0 Å². The van der Waals surface area contributed by atoms with E-state index in [9.17, 15) is 5.26 Å². The number of nitrogen functional groups attached to an aromatic ring is 1. The summed E-state index contributed by atoms with van der Waals surface area (Å²) in [4.78, 5) is 2.05. The molecule has 0 radical (unpaired) electrons. The Hall–Kier alpha value is -1.78. The predicted octanol–water partition coefficient (Wildman–Crippen LogP) is 0.489. The largest absolute Gasteiger partial charge is 0.383 e.